The first-order valence-corrected chi connectivity index (χ1v) is 7.80. The second-order valence-electron chi connectivity index (χ2n) is 5.80. The van der Waals surface area contributed by atoms with Crippen LogP contribution in [-0.2, 0) is 0 Å². The van der Waals surface area contributed by atoms with Crippen LogP contribution >= 0.6 is 0 Å². The smallest absolute Gasteiger partial charge is 0.292 e. The van der Waals surface area contributed by atoms with Gasteiger partial charge in [-0.1, -0.05) is 12.1 Å². The highest BCUT2D eigenvalue weighted by atomic mass is 16.4. The monoisotopic (exact) mass is 311 g/mol. The van der Waals surface area contributed by atoms with Gasteiger partial charge in [0, 0.05) is 6.54 Å². The van der Waals surface area contributed by atoms with Crippen LogP contribution in [0.1, 0.15) is 47.4 Å². The minimum absolute atomic E-state index is 0.146. The number of rotatable bonds is 2. The van der Waals surface area contributed by atoms with Crippen molar-refractivity contribution in [3.8, 4) is 0 Å². The van der Waals surface area contributed by atoms with E-state index in [2.05, 4.69) is 9.97 Å². The van der Waals surface area contributed by atoms with E-state index < -0.39 is 0 Å². The lowest BCUT2D eigenvalue weighted by Crippen LogP contribution is -2.38. The maximum Gasteiger partial charge on any atom is 0.292 e. The lowest BCUT2D eigenvalue weighted by atomic mass is 10.0. The zero-order valence-corrected chi connectivity index (χ0v) is 12.9. The summed E-state index contributed by atoms with van der Waals surface area (Å²) in [6.45, 7) is 2.44. The third-order valence-corrected chi connectivity index (χ3v) is 4.30. The topological polar surface area (TPSA) is 72.4 Å². The first kappa shape index (κ1) is 14.0. The van der Waals surface area contributed by atoms with Gasteiger partial charge in [-0.2, -0.15) is 0 Å². The average molecular weight is 311 g/mol. The molecule has 3 aromatic rings. The number of hydrogen-bond donors (Lipinski definition) is 0. The standard InChI is InChI=1S/C17H17N3O3/c1-11-15(22-10-18-11)17(21)20-9-5-4-7-13(20)16-19-12-6-2-3-8-14(12)23-16/h2-3,6,8,10,13H,4-5,7,9H2,1H3/t13-/m0/s1. The quantitative estimate of drug-likeness (QED) is 0.724. The second-order valence-corrected chi connectivity index (χ2v) is 5.80. The summed E-state index contributed by atoms with van der Waals surface area (Å²) in [6, 6.07) is 7.49. The zero-order chi connectivity index (χ0) is 15.8. The van der Waals surface area contributed by atoms with Crippen molar-refractivity contribution >= 4 is 17.0 Å². The fraction of sp³-hybridized carbons (Fsp3) is 0.353. The lowest BCUT2D eigenvalue weighted by Gasteiger charge is -2.33. The molecule has 1 fully saturated rings. The molecule has 6 heteroatoms. The van der Waals surface area contributed by atoms with Gasteiger partial charge in [-0.25, -0.2) is 9.97 Å². The normalized spacial score (nSPS) is 18.5. The van der Waals surface area contributed by atoms with Gasteiger partial charge in [0.05, 0.1) is 5.69 Å². The highest BCUT2D eigenvalue weighted by Crippen LogP contribution is 2.33. The van der Waals surface area contributed by atoms with Crippen molar-refractivity contribution in [3.05, 3.63) is 48.0 Å². The number of amides is 1. The molecule has 1 amide bonds. The van der Waals surface area contributed by atoms with Gasteiger partial charge >= 0.3 is 0 Å². The Labute approximate surface area is 133 Å². The Bertz CT molecular complexity index is 819. The summed E-state index contributed by atoms with van der Waals surface area (Å²) < 4.78 is 11.2. The molecule has 6 nitrogen and oxygen atoms in total. The van der Waals surface area contributed by atoms with Crippen molar-refractivity contribution in [3.63, 3.8) is 0 Å². The molecule has 0 radical (unpaired) electrons. The molecule has 1 aromatic carbocycles. The molecule has 0 saturated carbocycles. The third kappa shape index (κ3) is 2.40. The van der Waals surface area contributed by atoms with Gasteiger partial charge in [-0.3, -0.25) is 4.79 Å². The molecule has 118 valence electrons. The summed E-state index contributed by atoms with van der Waals surface area (Å²) in [4.78, 5) is 23.2. The van der Waals surface area contributed by atoms with Crippen LogP contribution < -0.4 is 0 Å². The maximum atomic E-state index is 12.8. The van der Waals surface area contributed by atoms with Crippen LogP contribution in [0.25, 0.3) is 11.1 Å². The van der Waals surface area contributed by atoms with E-state index >= 15 is 0 Å². The first-order chi connectivity index (χ1) is 11.2. The zero-order valence-electron chi connectivity index (χ0n) is 12.9. The van der Waals surface area contributed by atoms with E-state index in [9.17, 15) is 4.79 Å². The lowest BCUT2D eigenvalue weighted by molar-refractivity contribution is 0.0541. The summed E-state index contributed by atoms with van der Waals surface area (Å²) in [5.74, 6) is 0.747. The predicted octanol–water partition coefficient (Wildman–Crippen LogP) is 3.49. The summed E-state index contributed by atoms with van der Waals surface area (Å²) >= 11 is 0. The van der Waals surface area contributed by atoms with Crippen molar-refractivity contribution in [2.75, 3.05) is 6.54 Å². The molecule has 0 spiro atoms. The van der Waals surface area contributed by atoms with E-state index in [1.54, 1.807) is 11.8 Å². The highest BCUT2D eigenvalue weighted by molar-refractivity contribution is 5.92. The van der Waals surface area contributed by atoms with Gasteiger partial charge in [0.2, 0.25) is 11.7 Å². The Kier molecular flexibility index (Phi) is 3.37. The van der Waals surface area contributed by atoms with Crippen molar-refractivity contribution in [1.82, 2.24) is 14.9 Å². The molecule has 1 aliphatic heterocycles. The Morgan fingerprint density at radius 1 is 1.30 bits per heavy atom. The van der Waals surface area contributed by atoms with Crippen molar-refractivity contribution in [2.45, 2.75) is 32.2 Å². The molecule has 0 N–H and O–H groups in total. The van der Waals surface area contributed by atoms with Gasteiger partial charge in [-0.05, 0) is 38.3 Å². The van der Waals surface area contributed by atoms with Crippen LogP contribution in [0, 0.1) is 6.92 Å². The molecule has 0 bridgehead atoms. The Hall–Kier alpha value is -2.63. The van der Waals surface area contributed by atoms with Gasteiger partial charge in [-0.15, -0.1) is 0 Å². The number of carbonyl (C=O) groups is 1. The van der Waals surface area contributed by atoms with E-state index in [-0.39, 0.29) is 11.9 Å². The van der Waals surface area contributed by atoms with Crippen LogP contribution in [0.2, 0.25) is 0 Å². The van der Waals surface area contributed by atoms with Gasteiger partial charge in [0.25, 0.3) is 5.91 Å². The van der Waals surface area contributed by atoms with Crippen LogP contribution in [0.15, 0.2) is 39.5 Å². The molecule has 1 atom stereocenters. The molecule has 2 aromatic heterocycles. The molecule has 0 aliphatic carbocycles. The largest absolute Gasteiger partial charge is 0.438 e. The number of carbonyl (C=O) groups excluding carboxylic acids is 1. The molecule has 3 heterocycles. The van der Waals surface area contributed by atoms with Crippen molar-refractivity contribution in [1.29, 1.82) is 0 Å². The molecule has 0 unspecified atom stereocenters. The minimum Gasteiger partial charge on any atom is -0.438 e. The average Bonchev–Trinajstić information content (AvgIpc) is 3.20. The number of hydrogen-bond acceptors (Lipinski definition) is 5. The number of nitrogens with zero attached hydrogens (tertiary/aromatic N) is 3. The summed E-state index contributed by atoms with van der Waals surface area (Å²) in [5.41, 5.74) is 2.17. The summed E-state index contributed by atoms with van der Waals surface area (Å²) in [7, 11) is 0. The van der Waals surface area contributed by atoms with Crippen LogP contribution in [0.5, 0.6) is 0 Å². The third-order valence-electron chi connectivity index (χ3n) is 4.30. The van der Waals surface area contributed by atoms with E-state index in [4.69, 9.17) is 8.83 Å². The van der Waals surface area contributed by atoms with Crippen LogP contribution in [-0.4, -0.2) is 27.3 Å². The molecule has 4 rings (SSSR count). The summed E-state index contributed by atoms with van der Waals surface area (Å²) in [6.07, 6.45) is 4.16. The van der Waals surface area contributed by atoms with E-state index in [1.165, 1.54) is 6.39 Å². The number of fused-ring (bicyclic) bond motifs is 1. The van der Waals surface area contributed by atoms with E-state index in [1.807, 2.05) is 24.3 Å². The van der Waals surface area contributed by atoms with Crippen LogP contribution in [0.3, 0.4) is 0 Å². The van der Waals surface area contributed by atoms with Gasteiger partial charge in [0.1, 0.15) is 11.6 Å². The number of aromatic nitrogens is 2. The fourth-order valence-corrected chi connectivity index (χ4v) is 3.10. The Balaban J connectivity index is 1.70. The number of likely N-dealkylation sites (tertiary alicyclic amines) is 1. The molecule has 1 aliphatic rings. The van der Waals surface area contributed by atoms with Crippen molar-refractivity contribution < 1.29 is 13.6 Å². The minimum atomic E-state index is -0.159. The number of aryl methyl sites for hydroxylation is 1. The molecular weight excluding hydrogens is 294 g/mol. The van der Waals surface area contributed by atoms with Crippen molar-refractivity contribution in [2.24, 2.45) is 0 Å². The number of piperidine rings is 1. The SMILES string of the molecule is Cc1ncoc1C(=O)N1CCCC[C@H]1c1nc2ccccc2o1. The second kappa shape index (κ2) is 5.53. The summed E-state index contributed by atoms with van der Waals surface area (Å²) in [5, 5.41) is 0. The molecule has 1 saturated heterocycles. The van der Waals surface area contributed by atoms with E-state index in [0.717, 1.165) is 30.4 Å². The van der Waals surface area contributed by atoms with Gasteiger partial charge in [0.15, 0.2) is 12.0 Å². The maximum absolute atomic E-state index is 12.8. The van der Waals surface area contributed by atoms with Crippen LogP contribution in [0.4, 0.5) is 0 Å². The van der Waals surface area contributed by atoms with E-state index in [0.29, 0.717) is 23.9 Å². The number of benzene rings is 1. The molecule has 23 heavy (non-hydrogen) atoms. The van der Waals surface area contributed by atoms with Gasteiger partial charge < -0.3 is 13.7 Å². The number of oxazole rings is 2. The fourth-order valence-electron chi connectivity index (χ4n) is 3.10. The predicted molar refractivity (Wildman–Crippen MR) is 82.9 cm³/mol. The number of para-hydroxylation sites is 2. The Morgan fingerprint density at radius 3 is 2.96 bits per heavy atom. The Morgan fingerprint density at radius 2 is 2.17 bits per heavy atom. The highest BCUT2D eigenvalue weighted by Gasteiger charge is 2.34. The molecular formula is C17H17N3O3. The first-order valence-electron chi connectivity index (χ1n) is 7.80.